The molecule has 0 saturated heterocycles. The fourth-order valence-corrected chi connectivity index (χ4v) is 2.04. The van der Waals surface area contributed by atoms with Gasteiger partial charge in [-0.05, 0) is 24.3 Å². The Morgan fingerprint density at radius 2 is 1.76 bits per heavy atom. The molecular weight excluding hydrogens is 268 g/mol. The number of para-hydroxylation sites is 2. The third kappa shape index (κ3) is 2.49. The average molecular weight is 280 g/mol. The molecule has 2 aromatic carbocycles. The molecule has 5 heteroatoms. The van der Waals surface area contributed by atoms with Crippen molar-refractivity contribution in [2.24, 2.45) is 0 Å². The second kappa shape index (κ2) is 5.13. The number of hydrogen-bond donors (Lipinski definition) is 2. The van der Waals surface area contributed by atoms with E-state index in [-0.39, 0.29) is 5.69 Å². The Morgan fingerprint density at radius 1 is 1.05 bits per heavy atom. The van der Waals surface area contributed by atoms with Crippen LogP contribution in [0.5, 0.6) is 0 Å². The lowest BCUT2D eigenvalue weighted by Gasteiger charge is -2.07. The molecule has 0 spiro atoms. The van der Waals surface area contributed by atoms with E-state index in [4.69, 9.17) is 10.2 Å². The molecule has 0 aliphatic rings. The summed E-state index contributed by atoms with van der Waals surface area (Å²) in [6, 6.07) is 15.3. The number of amides is 1. The van der Waals surface area contributed by atoms with Gasteiger partial charge in [-0.25, -0.2) is 4.79 Å². The number of nitrogens with two attached hydrogens (primary N) is 1. The Bertz CT molecular complexity index is 884. The number of nitrogen functional groups attached to an aromatic ring is 1. The highest BCUT2D eigenvalue weighted by Gasteiger charge is 2.12. The molecular formula is C16H12N2O3. The Kier molecular flexibility index (Phi) is 3.16. The lowest BCUT2D eigenvalue weighted by Crippen LogP contribution is -2.18. The molecule has 3 aromatic rings. The van der Waals surface area contributed by atoms with Crippen molar-refractivity contribution in [2.75, 3.05) is 11.1 Å². The van der Waals surface area contributed by atoms with Gasteiger partial charge in [0.2, 0.25) is 0 Å². The minimum Gasteiger partial charge on any atom is -0.421 e. The minimum absolute atomic E-state index is 0.0851. The molecule has 0 atom stereocenters. The van der Waals surface area contributed by atoms with Crippen LogP contribution in [-0.2, 0) is 0 Å². The van der Waals surface area contributed by atoms with Gasteiger partial charge >= 0.3 is 5.63 Å². The summed E-state index contributed by atoms with van der Waals surface area (Å²) in [4.78, 5) is 24.0. The molecule has 0 bridgehead atoms. The van der Waals surface area contributed by atoms with Crippen LogP contribution in [0.25, 0.3) is 11.0 Å². The highest BCUT2D eigenvalue weighted by atomic mass is 16.4. The summed E-state index contributed by atoms with van der Waals surface area (Å²) in [6.45, 7) is 0. The van der Waals surface area contributed by atoms with Gasteiger partial charge in [0.15, 0.2) is 0 Å². The van der Waals surface area contributed by atoms with Gasteiger partial charge in [0.05, 0.1) is 5.56 Å². The van der Waals surface area contributed by atoms with Gasteiger partial charge in [0, 0.05) is 11.1 Å². The third-order valence-electron chi connectivity index (χ3n) is 3.10. The monoisotopic (exact) mass is 280 g/mol. The van der Waals surface area contributed by atoms with E-state index >= 15 is 0 Å². The van der Waals surface area contributed by atoms with E-state index < -0.39 is 11.5 Å². The van der Waals surface area contributed by atoms with Crippen LogP contribution in [-0.4, -0.2) is 5.91 Å². The Morgan fingerprint density at radius 3 is 2.57 bits per heavy atom. The first-order valence-electron chi connectivity index (χ1n) is 6.34. The van der Waals surface area contributed by atoms with E-state index in [9.17, 15) is 9.59 Å². The molecule has 104 valence electrons. The maximum atomic E-state index is 12.2. The molecule has 0 aliphatic heterocycles. The molecule has 21 heavy (non-hydrogen) atoms. The number of anilines is 2. The quantitative estimate of drug-likeness (QED) is 0.558. The summed E-state index contributed by atoms with van der Waals surface area (Å²) in [7, 11) is 0. The van der Waals surface area contributed by atoms with Crippen LogP contribution in [0.2, 0.25) is 0 Å². The number of hydrogen-bond acceptors (Lipinski definition) is 4. The molecule has 0 unspecified atom stereocenters. The zero-order chi connectivity index (χ0) is 14.8. The Balaban J connectivity index is 1.98. The maximum Gasteiger partial charge on any atom is 0.360 e. The number of nitrogens with one attached hydrogen (secondary N) is 1. The number of carbonyl (C=O) groups excluding carboxylic acids is 1. The van der Waals surface area contributed by atoms with Crippen molar-refractivity contribution in [3.63, 3.8) is 0 Å². The molecule has 1 aromatic heterocycles. The Labute approximate surface area is 120 Å². The second-order valence-corrected chi connectivity index (χ2v) is 4.53. The van der Waals surface area contributed by atoms with E-state index in [1.165, 1.54) is 0 Å². The van der Waals surface area contributed by atoms with Crippen molar-refractivity contribution in [1.82, 2.24) is 0 Å². The van der Waals surface area contributed by atoms with Gasteiger partial charge in [-0.3, -0.25) is 4.79 Å². The van der Waals surface area contributed by atoms with E-state index in [1.54, 1.807) is 48.5 Å². The summed E-state index contributed by atoms with van der Waals surface area (Å²) in [5.41, 5.74) is 6.36. The lowest BCUT2D eigenvalue weighted by atomic mass is 10.1. The SMILES string of the molecule is Nc1ccccc1C(=O)Nc1cc2ccccc2oc1=O. The minimum atomic E-state index is -0.600. The molecule has 3 rings (SSSR count). The predicted molar refractivity (Wildman–Crippen MR) is 81.3 cm³/mol. The van der Waals surface area contributed by atoms with Crippen LogP contribution < -0.4 is 16.7 Å². The van der Waals surface area contributed by atoms with Gasteiger partial charge in [-0.2, -0.15) is 0 Å². The molecule has 5 nitrogen and oxygen atoms in total. The summed E-state index contributed by atoms with van der Waals surface area (Å²) in [5.74, 6) is -0.448. The fraction of sp³-hybridized carbons (Fsp3) is 0. The zero-order valence-electron chi connectivity index (χ0n) is 11.0. The van der Waals surface area contributed by atoms with Crippen LogP contribution in [0.1, 0.15) is 10.4 Å². The molecule has 0 fully saturated rings. The van der Waals surface area contributed by atoms with E-state index in [2.05, 4.69) is 5.32 Å². The normalized spacial score (nSPS) is 10.5. The molecule has 3 N–H and O–H groups in total. The summed E-state index contributed by atoms with van der Waals surface area (Å²) < 4.78 is 5.16. The van der Waals surface area contributed by atoms with E-state index in [1.807, 2.05) is 6.07 Å². The number of benzene rings is 2. The van der Waals surface area contributed by atoms with E-state index in [0.717, 1.165) is 5.39 Å². The van der Waals surface area contributed by atoms with Gasteiger partial charge in [0.1, 0.15) is 11.3 Å². The predicted octanol–water partition coefficient (Wildman–Crippen LogP) is 2.63. The molecule has 1 amide bonds. The zero-order valence-corrected chi connectivity index (χ0v) is 11.0. The second-order valence-electron chi connectivity index (χ2n) is 4.53. The largest absolute Gasteiger partial charge is 0.421 e. The van der Waals surface area contributed by atoms with E-state index in [0.29, 0.717) is 16.8 Å². The molecule has 0 radical (unpaired) electrons. The van der Waals surface area contributed by atoms with Crippen molar-refractivity contribution >= 4 is 28.3 Å². The number of carbonyl (C=O) groups is 1. The topological polar surface area (TPSA) is 85.3 Å². The average Bonchev–Trinajstić information content (AvgIpc) is 2.48. The fourth-order valence-electron chi connectivity index (χ4n) is 2.04. The van der Waals surface area contributed by atoms with Crippen molar-refractivity contribution in [1.29, 1.82) is 0 Å². The summed E-state index contributed by atoms with van der Waals surface area (Å²) in [5, 5.41) is 3.26. The molecule has 0 aliphatic carbocycles. The van der Waals surface area contributed by atoms with Gasteiger partial charge in [0.25, 0.3) is 5.91 Å². The van der Waals surface area contributed by atoms with Crippen molar-refractivity contribution < 1.29 is 9.21 Å². The van der Waals surface area contributed by atoms with Crippen LogP contribution in [0.3, 0.4) is 0 Å². The van der Waals surface area contributed by atoms with Gasteiger partial charge in [-0.15, -0.1) is 0 Å². The standard InChI is InChI=1S/C16H12N2O3/c17-12-7-3-2-6-11(12)15(19)18-13-9-10-5-1-4-8-14(10)21-16(13)20/h1-9H,17H2,(H,18,19). The number of fused-ring (bicyclic) bond motifs is 1. The van der Waals surface area contributed by atoms with Gasteiger partial charge < -0.3 is 15.5 Å². The lowest BCUT2D eigenvalue weighted by molar-refractivity contribution is 0.102. The van der Waals surface area contributed by atoms with Crippen LogP contribution in [0.4, 0.5) is 11.4 Å². The molecule has 0 saturated carbocycles. The third-order valence-corrected chi connectivity index (χ3v) is 3.10. The van der Waals surface area contributed by atoms with Crippen molar-refractivity contribution in [2.45, 2.75) is 0 Å². The first-order chi connectivity index (χ1) is 10.1. The Hall–Kier alpha value is -3.08. The maximum absolute atomic E-state index is 12.2. The number of rotatable bonds is 2. The summed E-state index contributed by atoms with van der Waals surface area (Å²) in [6.07, 6.45) is 0. The first-order valence-corrected chi connectivity index (χ1v) is 6.34. The first kappa shape index (κ1) is 12.9. The highest BCUT2D eigenvalue weighted by molar-refractivity contribution is 6.08. The van der Waals surface area contributed by atoms with Crippen LogP contribution in [0.15, 0.2) is 63.8 Å². The van der Waals surface area contributed by atoms with Crippen molar-refractivity contribution in [3.05, 3.63) is 70.6 Å². The molecule has 1 heterocycles. The smallest absolute Gasteiger partial charge is 0.360 e. The van der Waals surface area contributed by atoms with Gasteiger partial charge in [-0.1, -0.05) is 30.3 Å². The van der Waals surface area contributed by atoms with Crippen LogP contribution >= 0.6 is 0 Å². The van der Waals surface area contributed by atoms with Crippen LogP contribution in [0, 0.1) is 0 Å². The highest BCUT2D eigenvalue weighted by Crippen LogP contribution is 2.17. The summed E-state index contributed by atoms with van der Waals surface area (Å²) >= 11 is 0. The van der Waals surface area contributed by atoms with Crippen molar-refractivity contribution in [3.8, 4) is 0 Å².